The molecule has 0 atom stereocenters. The topological polar surface area (TPSA) is 80.6 Å². The molecule has 1 saturated heterocycles. The highest BCUT2D eigenvalue weighted by Crippen LogP contribution is 2.23. The van der Waals surface area contributed by atoms with Gasteiger partial charge in [0.1, 0.15) is 16.3 Å². The molecule has 170 valence electrons. The number of hydrogen-bond acceptors (Lipinski definition) is 4. The van der Waals surface area contributed by atoms with Crippen molar-refractivity contribution in [1.29, 1.82) is 0 Å². The second kappa shape index (κ2) is 9.31. The zero-order chi connectivity index (χ0) is 22.6. The second-order valence-corrected chi connectivity index (χ2v) is 9.27. The number of carbonyl (C=O) groups is 1. The van der Waals surface area contributed by atoms with E-state index in [0.717, 1.165) is 24.8 Å². The minimum atomic E-state index is -4.75. The summed E-state index contributed by atoms with van der Waals surface area (Å²) in [6, 6.07) is 6.75. The number of piperidine rings is 1. The van der Waals surface area contributed by atoms with Crippen molar-refractivity contribution in [3.8, 4) is 5.75 Å². The molecule has 1 aliphatic rings. The monoisotopic (exact) mass is 459 g/mol. The van der Waals surface area contributed by atoms with E-state index in [0.29, 0.717) is 19.5 Å². The average Bonchev–Trinajstić information content (AvgIpc) is 3.11. The average molecular weight is 459 g/mol. The largest absolute Gasteiger partial charge is 0.573 e. The van der Waals surface area contributed by atoms with Gasteiger partial charge in [0, 0.05) is 32.9 Å². The molecule has 7 nitrogen and oxygen atoms in total. The van der Waals surface area contributed by atoms with Gasteiger partial charge >= 0.3 is 6.36 Å². The Hall–Kier alpha value is -2.53. The predicted octanol–water partition coefficient (Wildman–Crippen LogP) is 3.07. The first-order valence-electron chi connectivity index (χ1n) is 9.86. The Morgan fingerprint density at radius 2 is 1.77 bits per heavy atom. The molecule has 0 bridgehead atoms. The normalized spacial score (nSPS) is 15.6. The van der Waals surface area contributed by atoms with Crippen LogP contribution in [0.1, 0.15) is 35.3 Å². The predicted molar refractivity (Wildman–Crippen MR) is 107 cm³/mol. The van der Waals surface area contributed by atoms with Crippen molar-refractivity contribution in [3.63, 3.8) is 0 Å². The van der Waals surface area contributed by atoms with Crippen molar-refractivity contribution in [2.45, 2.75) is 36.9 Å². The summed E-state index contributed by atoms with van der Waals surface area (Å²) in [4.78, 5) is 12.6. The number of nitrogens with zero attached hydrogens (tertiary/aromatic N) is 2. The quantitative estimate of drug-likeness (QED) is 0.690. The highest BCUT2D eigenvalue weighted by Gasteiger charge is 2.31. The molecule has 3 rings (SSSR count). The van der Waals surface area contributed by atoms with Gasteiger partial charge in [0.25, 0.3) is 5.91 Å². The van der Waals surface area contributed by atoms with E-state index in [9.17, 15) is 26.4 Å². The first-order chi connectivity index (χ1) is 14.6. The number of alkyl halides is 3. The first-order valence-corrected chi connectivity index (χ1v) is 11.3. The number of halogens is 3. The molecule has 2 heterocycles. The van der Waals surface area contributed by atoms with Crippen LogP contribution in [0.2, 0.25) is 0 Å². The van der Waals surface area contributed by atoms with Crippen molar-refractivity contribution >= 4 is 15.9 Å². The smallest absolute Gasteiger partial charge is 0.406 e. The maximum atomic E-state index is 12.8. The SMILES string of the molecule is Cn1cc(S(=O)(=O)N2CCCCC2)cc1C(=O)NCCc1ccc(OC(F)(F)F)cc1. The summed E-state index contributed by atoms with van der Waals surface area (Å²) in [7, 11) is -2.04. The van der Waals surface area contributed by atoms with Crippen LogP contribution >= 0.6 is 0 Å². The fourth-order valence-corrected chi connectivity index (χ4v) is 5.01. The number of aryl methyl sites for hydroxylation is 1. The molecule has 0 aliphatic carbocycles. The molecule has 0 unspecified atom stereocenters. The molecule has 0 radical (unpaired) electrons. The van der Waals surface area contributed by atoms with Gasteiger partial charge in [0.15, 0.2) is 0 Å². The minimum Gasteiger partial charge on any atom is -0.406 e. The lowest BCUT2D eigenvalue weighted by Crippen LogP contribution is -2.35. The van der Waals surface area contributed by atoms with Crippen LogP contribution in [0.4, 0.5) is 13.2 Å². The summed E-state index contributed by atoms with van der Waals surface area (Å²) < 4.78 is 68.9. The number of hydrogen-bond donors (Lipinski definition) is 1. The maximum Gasteiger partial charge on any atom is 0.573 e. The number of amides is 1. The van der Waals surface area contributed by atoms with Crippen molar-refractivity contribution in [2.75, 3.05) is 19.6 Å². The highest BCUT2D eigenvalue weighted by molar-refractivity contribution is 7.89. The molecule has 1 fully saturated rings. The molecule has 0 saturated carbocycles. The van der Waals surface area contributed by atoms with Crippen LogP contribution in [-0.4, -0.2) is 49.2 Å². The van der Waals surface area contributed by atoms with Gasteiger partial charge in [-0.2, -0.15) is 4.31 Å². The van der Waals surface area contributed by atoms with Crippen molar-refractivity contribution in [2.24, 2.45) is 7.05 Å². The van der Waals surface area contributed by atoms with Crippen LogP contribution in [0, 0.1) is 0 Å². The molecule has 1 N–H and O–H groups in total. The van der Waals surface area contributed by atoms with Gasteiger partial charge in [-0.1, -0.05) is 18.6 Å². The zero-order valence-corrected chi connectivity index (χ0v) is 17.8. The third-order valence-corrected chi connectivity index (χ3v) is 6.89. The van der Waals surface area contributed by atoms with Gasteiger partial charge in [-0.25, -0.2) is 8.42 Å². The van der Waals surface area contributed by atoms with Crippen LogP contribution in [0.25, 0.3) is 0 Å². The highest BCUT2D eigenvalue weighted by atomic mass is 32.2. The Bertz CT molecular complexity index is 1010. The van der Waals surface area contributed by atoms with E-state index in [1.165, 1.54) is 45.4 Å². The Labute approximate surface area is 178 Å². The Morgan fingerprint density at radius 1 is 1.13 bits per heavy atom. The molecular weight excluding hydrogens is 435 g/mol. The van der Waals surface area contributed by atoms with Crippen molar-refractivity contribution in [3.05, 3.63) is 47.8 Å². The third kappa shape index (κ3) is 6.01. The fourth-order valence-electron chi connectivity index (χ4n) is 3.42. The third-order valence-electron chi connectivity index (χ3n) is 5.02. The molecule has 1 amide bonds. The maximum absolute atomic E-state index is 12.8. The summed E-state index contributed by atoms with van der Waals surface area (Å²) in [5, 5.41) is 2.71. The van der Waals surface area contributed by atoms with Crippen LogP contribution < -0.4 is 10.1 Å². The van der Waals surface area contributed by atoms with E-state index in [1.54, 1.807) is 7.05 Å². The van der Waals surface area contributed by atoms with E-state index < -0.39 is 22.3 Å². The number of rotatable bonds is 7. The first kappa shape index (κ1) is 23.1. The fraction of sp³-hybridized carbons (Fsp3) is 0.450. The van der Waals surface area contributed by atoms with Gasteiger partial charge < -0.3 is 14.6 Å². The second-order valence-electron chi connectivity index (χ2n) is 7.33. The lowest BCUT2D eigenvalue weighted by molar-refractivity contribution is -0.274. The zero-order valence-electron chi connectivity index (χ0n) is 17.0. The van der Waals surface area contributed by atoms with E-state index in [-0.39, 0.29) is 22.9 Å². The van der Waals surface area contributed by atoms with Crippen LogP contribution in [0.5, 0.6) is 5.75 Å². The lowest BCUT2D eigenvalue weighted by Gasteiger charge is -2.25. The minimum absolute atomic E-state index is 0.0855. The molecule has 1 aliphatic heterocycles. The summed E-state index contributed by atoms with van der Waals surface area (Å²) in [5.74, 6) is -0.744. The Balaban J connectivity index is 1.57. The van der Waals surface area contributed by atoms with Crippen molar-refractivity contribution < 1.29 is 31.1 Å². The van der Waals surface area contributed by atoms with Crippen molar-refractivity contribution in [1.82, 2.24) is 14.2 Å². The van der Waals surface area contributed by atoms with E-state index in [1.807, 2.05) is 0 Å². The molecule has 31 heavy (non-hydrogen) atoms. The molecular formula is C20H24F3N3O4S. The van der Waals surface area contributed by atoms with Gasteiger partial charge in [-0.15, -0.1) is 13.2 Å². The summed E-state index contributed by atoms with van der Waals surface area (Å²) in [6.45, 7) is 1.19. The number of aromatic nitrogens is 1. The van der Waals surface area contributed by atoms with Crippen LogP contribution in [0.3, 0.4) is 0 Å². The molecule has 1 aromatic heterocycles. The van der Waals surface area contributed by atoms with E-state index in [4.69, 9.17) is 0 Å². The van der Waals surface area contributed by atoms with E-state index >= 15 is 0 Å². The molecule has 0 spiro atoms. The lowest BCUT2D eigenvalue weighted by atomic mass is 10.1. The Morgan fingerprint density at radius 3 is 2.39 bits per heavy atom. The standard InChI is InChI=1S/C20H24F3N3O4S/c1-25-14-17(31(28,29)26-11-3-2-4-12-26)13-18(25)19(27)24-10-9-15-5-7-16(8-6-15)30-20(21,22)23/h5-8,13-14H,2-4,9-12H2,1H3,(H,24,27). The molecule has 11 heteroatoms. The van der Waals surface area contributed by atoms with Gasteiger partial charge in [-0.05, 0) is 43.0 Å². The number of benzene rings is 1. The van der Waals surface area contributed by atoms with Gasteiger partial charge in [0.05, 0.1) is 0 Å². The summed E-state index contributed by atoms with van der Waals surface area (Å²) in [5.41, 5.74) is 0.930. The molecule has 1 aromatic carbocycles. The van der Waals surface area contributed by atoms with Gasteiger partial charge in [-0.3, -0.25) is 4.79 Å². The van der Waals surface area contributed by atoms with Crippen LogP contribution in [-0.2, 0) is 23.5 Å². The van der Waals surface area contributed by atoms with Crippen LogP contribution in [0.15, 0.2) is 41.4 Å². The molecule has 2 aromatic rings. The number of ether oxygens (including phenoxy) is 1. The van der Waals surface area contributed by atoms with E-state index in [2.05, 4.69) is 10.1 Å². The number of nitrogens with one attached hydrogen (secondary N) is 1. The Kier molecular flexibility index (Phi) is 6.95. The summed E-state index contributed by atoms with van der Waals surface area (Å²) >= 11 is 0. The summed E-state index contributed by atoms with van der Waals surface area (Å²) in [6.07, 6.45) is -0.275. The van der Waals surface area contributed by atoms with Gasteiger partial charge in [0.2, 0.25) is 10.0 Å². The number of carbonyl (C=O) groups excluding carboxylic acids is 1. The number of sulfonamides is 1.